The van der Waals surface area contributed by atoms with Crippen molar-refractivity contribution in [3.8, 4) is 0 Å². The topological polar surface area (TPSA) is 70.7 Å². The van der Waals surface area contributed by atoms with E-state index < -0.39 is 0 Å². The van der Waals surface area contributed by atoms with Crippen LogP contribution in [0.15, 0.2) is 6.20 Å². The van der Waals surface area contributed by atoms with Gasteiger partial charge in [-0.15, -0.1) is 0 Å². The van der Waals surface area contributed by atoms with E-state index in [1.54, 1.807) is 0 Å². The van der Waals surface area contributed by atoms with E-state index in [-0.39, 0.29) is 11.9 Å². The summed E-state index contributed by atoms with van der Waals surface area (Å²) in [7, 11) is 0. The second kappa shape index (κ2) is 4.74. The van der Waals surface area contributed by atoms with Gasteiger partial charge in [0.2, 0.25) is 0 Å². The lowest BCUT2D eigenvalue weighted by molar-refractivity contribution is 0.0919. The molecule has 0 saturated heterocycles. The van der Waals surface area contributed by atoms with Crippen LogP contribution in [0.3, 0.4) is 0 Å². The first-order valence-corrected chi connectivity index (χ1v) is 4.81. The van der Waals surface area contributed by atoms with Gasteiger partial charge in [0.25, 0.3) is 5.91 Å². The molecule has 0 saturated carbocycles. The number of H-pyrrole nitrogens is 1. The van der Waals surface area contributed by atoms with Crippen LogP contribution in [0.2, 0.25) is 0 Å². The third-order valence-corrected chi connectivity index (χ3v) is 2.21. The molecule has 0 aliphatic carbocycles. The minimum Gasteiger partial charge on any atom is -0.348 e. The van der Waals surface area contributed by atoms with Gasteiger partial charge in [0.1, 0.15) is 0 Å². The Balaban J connectivity index is 2.56. The number of nitrogens with one attached hydrogen (secondary N) is 2. The van der Waals surface area contributed by atoms with E-state index in [0.717, 1.165) is 6.42 Å². The summed E-state index contributed by atoms with van der Waals surface area (Å²) in [5, 5.41) is 12.6. The van der Waals surface area contributed by atoms with E-state index in [2.05, 4.69) is 34.6 Å². The fraction of sp³-hybridized carbons (Fsp3) is 0.667. The van der Waals surface area contributed by atoms with E-state index in [9.17, 15) is 4.79 Å². The maximum absolute atomic E-state index is 11.5. The summed E-state index contributed by atoms with van der Waals surface area (Å²) in [6.07, 6.45) is 2.34. The minimum atomic E-state index is -0.167. The van der Waals surface area contributed by atoms with Crippen LogP contribution in [-0.4, -0.2) is 27.4 Å². The van der Waals surface area contributed by atoms with E-state index in [1.165, 1.54) is 6.20 Å². The number of rotatable bonds is 4. The fourth-order valence-electron chi connectivity index (χ4n) is 1.29. The second-order valence-corrected chi connectivity index (χ2v) is 3.59. The Morgan fingerprint density at radius 2 is 2.36 bits per heavy atom. The molecule has 5 nitrogen and oxygen atoms in total. The number of carbonyl (C=O) groups is 1. The summed E-state index contributed by atoms with van der Waals surface area (Å²) in [5.41, 5.74) is 0.337. The smallest absolute Gasteiger partial charge is 0.273 e. The predicted molar refractivity (Wildman–Crippen MR) is 52.8 cm³/mol. The highest BCUT2D eigenvalue weighted by atomic mass is 16.2. The summed E-state index contributed by atoms with van der Waals surface area (Å²) in [4.78, 5) is 11.5. The summed E-state index contributed by atoms with van der Waals surface area (Å²) in [6.45, 7) is 6.21. The van der Waals surface area contributed by atoms with Crippen molar-refractivity contribution in [1.29, 1.82) is 0 Å². The zero-order valence-corrected chi connectivity index (χ0v) is 8.74. The van der Waals surface area contributed by atoms with Gasteiger partial charge in [0.05, 0.1) is 6.20 Å². The average Bonchev–Trinajstić information content (AvgIpc) is 2.65. The molecule has 0 bridgehead atoms. The Labute approximate surface area is 83.3 Å². The van der Waals surface area contributed by atoms with Crippen LogP contribution in [0.5, 0.6) is 0 Å². The van der Waals surface area contributed by atoms with Gasteiger partial charge in [-0.2, -0.15) is 15.4 Å². The van der Waals surface area contributed by atoms with Gasteiger partial charge in [-0.3, -0.25) is 4.79 Å². The summed E-state index contributed by atoms with van der Waals surface area (Å²) < 4.78 is 0. The molecule has 1 rings (SSSR count). The van der Waals surface area contributed by atoms with Gasteiger partial charge in [-0.1, -0.05) is 20.8 Å². The van der Waals surface area contributed by atoms with Crippen molar-refractivity contribution < 1.29 is 4.79 Å². The molecule has 0 radical (unpaired) electrons. The molecule has 1 aromatic rings. The first-order valence-electron chi connectivity index (χ1n) is 4.81. The van der Waals surface area contributed by atoms with Gasteiger partial charge in [0, 0.05) is 6.04 Å². The average molecular weight is 196 g/mol. The third kappa shape index (κ3) is 2.55. The molecule has 2 N–H and O–H groups in total. The molecule has 1 unspecified atom stereocenters. The molecule has 1 heterocycles. The fourth-order valence-corrected chi connectivity index (χ4v) is 1.29. The molecule has 5 heteroatoms. The highest BCUT2D eigenvalue weighted by Gasteiger charge is 2.16. The predicted octanol–water partition coefficient (Wildman–Crippen LogP) is 0.969. The third-order valence-electron chi connectivity index (χ3n) is 2.21. The highest BCUT2D eigenvalue weighted by Crippen LogP contribution is 2.05. The van der Waals surface area contributed by atoms with Crippen LogP contribution in [0.1, 0.15) is 37.7 Å². The van der Waals surface area contributed by atoms with E-state index in [4.69, 9.17) is 0 Å². The molecule has 0 fully saturated rings. The van der Waals surface area contributed by atoms with Crippen molar-refractivity contribution >= 4 is 5.91 Å². The van der Waals surface area contributed by atoms with Crippen molar-refractivity contribution in [2.45, 2.75) is 33.2 Å². The highest BCUT2D eigenvalue weighted by molar-refractivity contribution is 5.91. The molecule has 1 aromatic heterocycles. The second-order valence-electron chi connectivity index (χ2n) is 3.59. The molecular weight excluding hydrogens is 180 g/mol. The van der Waals surface area contributed by atoms with Gasteiger partial charge in [-0.25, -0.2) is 0 Å². The Morgan fingerprint density at radius 3 is 2.79 bits per heavy atom. The standard InChI is InChI=1S/C9H16N4O/c1-4-7(6(2)3)11-9(14)8-5-10-13-12-8/h5-7H,4H2,1-3H3,(H,11,14)(H,10,12,13). The van der Waals surface area contributed by atoms with Crippen molar-refractivity contribution in [1.82, 2.24) is 20.7 Å². The lowest BCUT2D eigenvalue weighted by Gasteiger charge is -2.19. The van der Waals surface area contributed by atoms with Gasteiger partial charge < -0.3 is 5.32 Å². The van der Waals surface area contributed by atoms with Crippen molar-refractivity contribution in [2.24, 2.45) is 5.92 Å². The number of carbonyl (C=O) groups excluding carboxylic acids is 1. The molecule has 0 aliphatic heterocycles. The Morgan fingerprint density at radius 1 is 1.64 bits per heavy atom. The quantitative estimate of drug-likeness (QED) is 0.753. The lowest BCUT2D eigenvalue weighted by atomic mass is 10.0. The van der Waals surface area contributed by atoms with Crippen molar-refractivity contribution in [2.75, 3.05) is 0 Å². The lowest BCUT2D eigenvalue weighted by Crippen LogP contribution is -2.38. The van der Waals surface area contributed by atoms with E-state index in [1.807, 2.05) is 6.92 Å². The summed E-state index contributed by atoms with van der Waals surface area (Å²) in [6, 6.07) is 0.194. The molecule has 14 heavy (non-hydrogen) atoms. The van der Waals surface area contributed by atoms with Crippen LogP contribution >= 0.6 is 0 Å². The van der Waals surface area contributed by atoms with Crippen LogP contribution < -0.4 is 5.32 Å². The summed E-state index contributed by atoms with van der Waals surface area (Å²) >= 11 is 0. The van der Waals surface area contributed by atoms with E-state index in [0.29, 0.717) is 11.6 Å². The Kier molecular flexibility index (Phi) is 3.62. The number of nitrogens with zero attached hydrogens (tertiary/aromatic N) is 2. The maximum Gasteiger partial charge on any atom is 0.273 e. The number of aromatic amines is 1. The summed E-state index contributed by atoms with van der Waals surface area (Å²) in [5.74, 6) is 0.259. The zero-order chi connectivity index (χ0) is 10.6. The van der Waals surface area contributed by atoms with Gasteiger partial charge >= 0.3 is 0 Å². The molecular formula is C9H16N4O. The minimum absolute atomic E-state index is 0.167. The Hall–Kier alpha value is -1.39. The van der Waals surface area contributed by atoms with Crippen LogP contribution in [0.4, 0.5) is 0 Å². The van der Waals surface area contributed by atoms with Crippen LogP contribution in [0.25, 0.3) is 0 Å². The first kappa shape index (κ1) is 10.7. The van der Waals surface area contributed by atoms with Crippen molar-refractivity contribution in [3.05, 3.63) is 11.9 Å². The molecule has 0 aliphatic rings. The maximum atomic E-state index is 11.5. The largest absolute Gasteiger partial charge is 0.348 e. The van der Waals surface area contributed by atoms with Crippen LogP contribution in [-0.2, 0) is 0 Å². The number of hydrogen-bond donors (Lipinski definition) is 2. The van der Waals surface area contributed by atoms with Crippen molar-refractivity contribution in [3.63, 3.8) is 0 Å². The SMILES string of the molecule is CCC(NC(=O)c1cn[nH]n1)C(C)C. The number of amides is 1. The molecule has 0 spiro atoms. The monoisotopic (exact) mass is 196 g/mol. The first-order chi connectivity index (χ1) is 6.65. The van der Waals surface area contributed by atoms with E-state index >= 15 is 0 Å². The van der Waals surface area contributed by atoms with Gasteiger partial charge in [0.15, 0.2) is 5.69 Å². The Bertz CT molecular complexity index is 281. The van der Waals surface area contributed by atoms with Crippen LogP contribution in [0, 0.1) is 5.92 Å². The number of aromatic nitrogens is 3. The molecule has 1 amide bonds. The molecule has 1 atom stereocenters. The molecule has 0 aromatic carbocycles. The van der Waals surface area contributed by atoms with Gasteiger partial charge in [-0.05, 0) is 12.3 Å². The normalized spacial score (nSPS) is 12.9. The zero-order valence-electron chi connectivity index (χ0n) is 8.74. The number of hydrogen-bond acceptors (Lipinski definition) is 3. The molecule has 78 valence electrons.